The lowest BCUT2D eigenvalue weighted by atomic mass is 10.0. The molecule has 1 aliphatic heterocycles. The molecule has 0 bridgehead atoms. The number of hydrogen-bond acceptors (Lipinski definition) is 4. The predicted molar refractivity (Wildman–Crippen MR) is 114 cm³/mol. The number of anilines is 1. The Hall–Kier alpha value is -2.37. The van der Waals surface area contributed by atoms with Gasteiger partial charge in [-0.15, -0.1) is 0 Å². The summed E-state index contributed by atoms with van der Waals surface area (Å²) in [4.78, 5) is 16.7. The van der Waals surface area contributed by atoms with Crippen LogP contribution < -0.4 is 10.2 Å². The van der Waals surface area contributed by atoms with E-state index in [0.717, 1.165) is 31.6 Å². The number of β-amino-alcohol motifs (C(OH)–C–C–N with tert-alkyl or cyclic N) is 1. The Bertz CT molecular complexity index is 748. The molecule has 0 aromatic heterocycles. The SMILES string of the molecule is CCCNC(=O)c1ccc(N(C)C[C@H](c2ccccc2)N2CC[C@H](O)C2)cc1. The van der Waals surface area contributed by atoms with Crippen LogP contribution in [0.5, 0.6) is 0 Å². The first-order chi connectivity index (χ1) is 13.6. The maximum absolute atomic E-state index is 12.1. The number of nitrogens with zero attached hydrogens (tertiary/aromatic N) is 2. The molecule has 1 aliphatic rings. The first-order valence-corrected chi connectivity index (χ1v) is 10.1. The Morgan fingerprint density at radius 1 is 1.21 bits per heavy atom. The zero-order valence-electron chi connectivity index (χ0n) is 16.8. The highest BCUT2D eigenvalue weighted by Crippen LogP contribution is 2.27. The van der Waals surface area contributed by atoms with Crippen molar-refractivity contribution in [2.75, 3.05) is 38.1 Å². The van der Waals surface area contributed by atoms with E-state index in [4.69, 9.17) is 0 Å². The van der Waals surface area contributed by atoms with E-state index in [9.17, 15) is 9.90 Å². The number of benzene rings is 2. The van der Waals surface area contributed by atoms with Crippen LogP contribution in [0.1, 0.15) is 41.7 Å². The minimum Gasteiger partial charge on any atom is -0.392 e. The van der Waals surface area contributed by atoms with Gasteiger partial charge in [0.25, 0.3) is 5.91 Å². The number of nitrogens with one attached hydrogen (secondary N) is 1. The number of rotatable bonds is 8. The van der Waals surface area contributed by atoms with E-state index in [1.54, 1.807) is 0 Å². The molecule has 2 atom stereocenters. The van der Waals surface area contributed by atoms with Crippen LogP contribution in [-0.4, -0.2) is 55.2 Å². The summed E-state index contributed by atoms with van der Waals surface area (Å²) in [6.07, 6.45) is 1.52. The fourth-order valence-electron chi connectivity index (χ4n) is 3.73. The predicted octanol–water partition coefficient (Wildman–Crippen LogP) is 3.07. The van der Waals surface area contributed by atoms with Crippen LogP contribution >= 0.6 is 0 Å². The summed E-state index contributed by atoms with van der Waals surface area (Å²) in [6, 6.07) is 18.5. The summed E-state index contributed by atoms with van der Waals surface area (Å²) in [5.41, 5.74) is 3.03. The molecule has 3 rings (SSSR count). The summed E-state index contributed by atoms with van der Waals surface area (Å²) in [5, 5.41) is 12.9. The van der Waals surface area contributed by atoms with Crippen LogP contribution in [0.15, 0.2) is 54.6 Å². The van der Waals surface area contributed by atoms with Crippen molar-refractivity contribution in [3.05, 3.63) is 65.7 Å². The van der Waals surface area contributed by atoms with Gasteiger partial charge in [-0.25, -0.2) is 0 Å². The Morgan fingerprint density at radius 3 is 2.54 bits per heavy atom. The monoisotopic (exact) mass is 381 g/mol. The van der Waals surface area contributed by atoms with Crippen LogP contribution in [-0.2, 0) is 0 Å². The normalized spacial score (nSPS) is 18.0. The highest BCUT2D eigenvalue weighted by atomic mass is 16.3. The Balaban J connectivity index is 1.71. The summed E-state index contributed by atoms with van der Waals surface area (Å²) < 4.78 is 0. The molecule has 1 amide bonds. The van der Waals surface area contributed by atoms with Gasteiger partial charge in [0.1, 0.15) is 0 Å². The molecule has 2 N–H and O–H groups in total. The van der Waals surface area contributed by atoms with Crippen molar-refractivity contribution in [3.63, 3.8) is 0 Å². The lowest BCUT2D eigenvalue weighted by molar-refractivity contribution is 0.0953. The molecule has 0 unspecified atom stereocenters. The van der Waals surface area contributed by atoms with Crippen molar-refractivity contribution < 1.29 is 9.90 Å². The van der Waals surface area contributed by atoms with Gasteiger partial charge in [-0.2, -0.15) is 0 Å². The number of aliphatic hydroxyl groups is 1. The first-order valence-electron chi connectivity index (χ1n) is 10.1. The maximum Gasteiger partial charge on any atom is 0.251 e. The van der Waals surface area contributed by atoms with Gasteiger partial charge < -0.3 is 15.3 Å². The van der Waals surface area contributed by atoms with E-state index in [1.807, 2.05) is 37.3 Å². The van der Waals surface area contributed by atoms with Crippen molar-refractivity contribution in [1.82, 2.24) is 10.2 Å². The van der Waals surface area contributed by atoms with Gasteiger partial charge in [-0.05, 0) is 42.7 Å². The third kappa shape index (κ3) is 5.12. The molecule has 1 saturated heterocycles. The fourth-order valence-corrected chi connectivity index (χ4v) is 3.73. The molecule has 150 valence electrons. The summed E-state index contributed by atoms with van der Waals surface area (Å²) in [5.74, 6) is -0.0238. The Kier molecular flexibility index (Phi) is 7.06. The van der Waals surface area contributed by atoms with Gasteiger partial charge in [0.15, 0.2) is 0 Å². The molecule has 5 heteroatoms. The highest BCUT2D eigenvalue weighted by molar-refractivity contribution is 5.94. The second-order valence-electron chi connectivity index (χ2n) is 7.55. The average molecular weight is 382 g/mol. The van der Waals surface area contributed by atoms with Crippen molar-refractivity contribution in [2.24, 2.45) is 0 Å². The van der Waals surface area contributed by atoms with E-state index in [2.05, 4.69) is 46.4 Å². The quantitative estimate of drug-likeness (QED) is 0.738. The second-order valence-corrected chi connectivity index (χ2v) is 7.55. The zero-order chi connectivity index (χ0) is 19.9. The summed E-state index contributed by atoms with van der Waals surface area (Å²) in [7, 11) is 2.08. The standard InChI is InChI=1S/C23H31N3O2/c1-3-14-24-23(28)19-9-11-20(12-10-19)25(2)17-22(18-7-5-4-6-8-18)26-15-13-21(27)16-26/h4-12,21-22,27H,3,13-17H2,1-2H3,(H,24,28)/t21-,22+/m0/s1. The maximum atomic E-state index is 12.1. The molecule has 0 saturated carbocycles. The van der Waals surface area contributed by atoms with E-state index in [0.29, 0.717) is 18.7 Å². The molecule has 1 heterocycles. The van der Waals surface area contributed by atoms with Gasteiger partial charge in [-0.3, -0.25) is 9.69 Å². The number of carbonyl (C=O) groups is 1. The molecule has 5 nitrogen and oxygen atoms in total. The largest absolute Gasteiger partial charge is 0.392 e. The van der Waals surface area contributed by atoms with E-state index in [1.165, 1.54) is 5.56 Å². The van der Waals surface area contributed by atoms with E-state index in [-0.39, 0.29) is 18.1 Å². The van der Waals surface area contributed by atoms with Crippen molar-refractivity contribution >= 4 is 11.6 Å². The lowest BCUT2D eigenvalue weighted by Gasteiger charge is -2.33. The van der Waals surface area contributed by atoms with Crippen LogP contribution in [0.25, 0.3) is 0 Å². The smallest absolute Gasteiger partial charge is 0.251 e. The van der Waals surface area contributed by atoms with Gasteiger partial charge >= 0.3 is 0 Å². The number of aliphatic hydroxyl groups excluding tert-OH is 1. The number of likely N-dealkylation sites (N-methyl/N-ethyl adjacent to an activating group) is 1. The van der Waals surface area contributed by atoms with Gasteiger partial charge in [0.05, 0.1) is 12.1 Å². The minimum atomic E-state index is -0.238. The van der Waals surface area contributed by atoms with Crippen LogP contribution in [0.3, 0.4) is 0 Å². The summed E-state index contributed by atoms with van der Waals surface area (Å²) in [6.45, 7) is 5.18. The molecular weight excluding hydrogens is 350 g/mol. The molecule has 0 spiro atoms. The fraction of sp³-hybridized carbons (Fsp3) is 0.435. The number of likely N-dealkylation sites (tertiary alicyclic amines) is 1. The molecule has 0 aliphatic carbocycles. The lowest BCUT2D eigenvalue weighted by Crippen LogP contribution is -2.36. The number of carbonyl (C=O) groups excluding carboxylic acids is 1. The topological polar surface area (TPSA) is 55.8 Å². The summed E-state index contributed by atoms with van der Waals surface area (Å²) >= 11 is 0. The second kappa shape index (κ2) is 9.71. The third-order valence-electron chi connectivity index (χ3n) is 5.37. The van der Waals surface area contributed by atoms with Crippen LogP contribution in [0.4, 0.5) is 5.69 Å². The van der Waals surface area contributed by atoms with Crippen LogP contribution in [0, 0.1) is 0 Å². The van der Waals surface area contributed by atoms with Crippen LogP contribution in [0.2, 0.25) is 0 Å². The first kappa shape index (κ1) is 20.4. The molecule has 1 fully saturated rings. The minimum absolute atomic E-state index is 0.0238. The Morgan fingerprint density at radius 2 is 1.93 bits per heavy atom. The zero-order valence-corrected chi connectivity index (χ0v) is 16.8. The molecule has 28 heavy (non-hydrogen) atoms. The van der Waals surface area contributed by atoms with E-state index < -0.39 is 0 Å². The van der Waals surface area contributed by atoms with Gasteiger partial charge in [0.2, 0.25) is 0 Å². The highest BCUT2D eigenvalue weighted by Gasteiger charge is 2.29. The van der Waals surface area contributed by atoms with Gasteiger partial charge in [0, 0.05) is 44.5 Å². The molecular formula is C23H31N3O2. The number of hydrogen-bond donors (Lipinski definition) is 2. The Labute approximate surface area is 168 Å². The third-order valence-corrected chi connectivity index (χ3v) is 5.37. The van der Waals surface area contributed by atoms with Crippen molar-refractivity contribution in [3.8, 4) is 0 Å². The molecule has 0 radical (unpaired) electrons. The molecule has 2 aromatic rings. The van der Waals surface area contributed by atoms with Gasteiger partial charge in [-0.1, -0.05) is 37.3 Å². The van der Waals surface area contributed by atoms with Crippen molar-refractivity contribution in [2.45, 2.75) is 31.9 Å². The average Bonchev–Trinajstić information content (AvgIpc) is 3.16. The van der Waals surface area contributed by atoms with Crippen molar-refractivity contribution in [1.29, 1.82) is 0 Å². The van der Waals surface area contributed by atoms with E-state index >= 15 is 0 Å². The number of amides is 1. The molecule has 2 aromatic carbocycles.